The lowest BCUT2D eigenvalue weighted by molar-refractivity contribution is 0.949. The monoisotopic (exact) mass is 261 g/mol. The van der Waals surface area contributed by atoms with Crippen molar-refractivity contribution in [2.75, 3.05) is 18.0 Å². The SMILES string of the molecule is O=c1c(-c2ccc(Cl)cc2)c(N2CCCC2)c1=O. The van der Waals surface area contributed by atoms with E-state index in [0.717, 1.165) is 31.5 Å². The summed E-state index contributed by atoms with van der Waals surface area (Å²) in [5.74, 6) is 0. The number of nitrogens with zero attached hydrogens (tertiary/aromatic N) is 1. The average Bonchev–Trinajstić information content (AvgIpc) is 2.89. The Hall–Kier alpha value is -1.61. The quantitative estimate of drug-likeness (QED) is 0.778. The van der Waals surface area contributed by atoms with Crippen molar-refractivity contribution in [1.82, 2.24) is 0 Å². The predicted octanol–water partition coefficient (Wildman–Crippen LogP) is 2.20. The van der Waals surface area contributed by atoms with E-state index in [1.165, 1.54) is 0 Å². The fourth-order valence-electron chi connectivity index (χ4n) is 2.51. The maximum absolute atomic E-state index is 11.7. The molecular weight excluding hydrogens is 250 g/mol. The van der Waals surface area contributed by atoms with Crippen molar-refractivity contribution in [2.45, 2.75) is 12.8 Å². The fraction of sp³-hybridized carbons (Fsp3) is 0.286. The lowest BCUT2D eigenvalue weighted by atomic mass is 9.98. The highest BCUT2D eigenvalue weighted by Crippen LogP contribution is 2.29. The van der Waals surface area contributed by atoms with Crippen molar-refractivity contribution in [3.63, 3.8) is 0 Å². The van der Waals surface area contributed by atoms with Crippen molar-refractivity contribution < 1.29 is 0 Å². The molecule has 1 saturated heterocycles. The van der Waals surface area contributed by atoms with Crippen molar-refractivity contribution >= 4 is 17.3 Å². The van der Waals surface area contributed by atoms with E-state index in [0.29, 0.717) is 16.3 Å². The highest BCUT2D eigenvalue weighted by atomic mass is 35.5. The van der Waals surface area contributed by atoms with Crippen molar-refractivity contribution in [3.05, 3.63) is 49.7 Å². The molecular formula is C14H12ClNO2. The first kappa shape index (κ1) is 11.5. The van der Waals surface area contributed by atoms with Gasteiger partial charge in [0.2, 0.25) is 10.9 Å². The van der Waals surface area contributed by atoms with Gasteiger partial charge in [-0.25, -0.2) is 0 Å². The van der Waals surface area contributed by atoms with Gasteiger partial charge in [0.05, 0.1) is 5.56 Å². The zero-order chi connectivity index (χ0) is 12.7. The molecule has 0 spiro atoms. The Bertz CT molecular complexity index is 647. The standard InChI is InChI=1S/C14H12ClNO2/c15-10-5-3-9(4-6-10)11-12(14(18)13(11)17)16-7-1-2-8-16/h3-6H,1-2,7-8H2. The van der Waals surface area contributed by atoms with Crippen LogP contribution in [0.15, 0.2) is 33.9 Å². The molecule has 4 heteroatoms. The molecule has 18 heavy (non-hydrogen) atoms. The van der Waals surface area contributed by atoms with Gasteiger partial charge in [0.1, 0.15) is 5.69 Å². The van der Waals surface area contributed by atoms with E-state index in [1.54, 1.807) is 24.3 Å². The maximum Gasteiger partial charge on any atom is 0.250 e. The molecule has 3 rings (SSSR count). The molecule has 1 aliphatic heterocycles. The Morgan fingerprint density at radius 1 is 0.944 bits per heavy atom. The molecule has 0 aliphatic carbocycles. The fourth-order valence-corrected chi connectivity index (χ4v) is 2.63. The van der Waals surface area contributed by atoms with Crippen LogP contribution in [0, 0.1) is 0 Å². The smallest absolute Gasteiger partial charge is 0.250 e. The highest BCUT2D eigenvalue weighted by molar-refractivity contribution is 6.30. The summed E-state index contributed by atoms with van der Waals surface area (Å²) in [5.41, 5.74) is 1.21. The Labute approximate surface area is 109 Å². The minimum atomic E-state index is -0.376. The minimum Gasteiger partial charge on any atom is -0.368 e. The van der Waals surface area contributed by atoms with E-state index in [1.807, 2.05) is 4.90 Å². The van der Waals surface area contributed by atoms with Crippen LogP contribution in [0.1, 0.15) is 12.8 Å². The minimum absolute atomic E-state index is 0.346. The maximum atomic E-state index is 11.7. The summed E-state index contributed by atoms with van der Waals surface area (Å²) in [6, 6.07) is 7.05. The third kappa shape index (κ3) is 1.66. The largest absolute Gasteiger partial charge is 0.368 e. The van der Waals surface area contributed by atoms with E-state index >= 15 is 0 Å². The first-order valence-corrected chi connectivity index (χ1v) is 6.40. The normalized spacial score (nSPS) is 15.5. The van der Waals surface area contributed by atoms with Crippen molar-refractivity contribution in [1.29, 1.82) is 0 Å². The molecule has 92 valence electrons. The van der Waals surface area contributed by atoms with Gasteiger partial charge in [0, 0.05) is 18.1 Å². The Balaban J connectivity index is 2.07. The van der Waals surface area contributed by atoms with Crippen LogP contribution < -0.4 is 15.8 Å². The van der Waals surface area contributed by atoms with Crippen LogP contribution in [0.25, 0.3) is 11.1 Å². The Morgan fingerprint density at radius 3 is 2.17 bits per heavy atom. The molecule has 0 unspecified atom stereocenters. The molecule has 1 aliphatic rings. The van der Waals surface area contributed by atoms with Gasteiger partial charge in [0.15, 0.2) is 0 Å². The van der Waals surface area contributed by atoms with Crippen LogP contribution in [-0.2, 0) is 0 Å². The summed E-state index contributed by atoms with van der Waals surface area (Å²) < 4.78 is 0. The lowest BCUT2D eigenvalue weighted by Gasteiger charge is -2.22. The highest BCUT2D eigenvalue weighted by Gasteiger charge is 2.28. The number of benzene rings is 1. The first-order chi connectivity index (χ1) is 8.68. The van der Waals surface area contributed by atoms with Crippen LogP contribution >= 0.6 is 11.6 Å². The second kappa shape index (κ2) is 4.25. The molecule has 2 aromatic rings. The van der Waals surface area contributed by atoms with Gasteiger partial charge in [-0.3, -0.25) is 9.59 Å². The summed E-state index contributed by atoms with van der Waals surface area (Å²) in [6.07, 6.45) is 2.16. The molecule has 1 heterocycles. The molecule has 1 fully saturated rings. The number of anilines is 1. The summed E-state index contributed by atoms with van der Waals surface area (Å²) in [7, 11) is 0. The lowest BCUT2D eigenvalue weighted by Crippen LogP contribution is -2.40. The molecule has 2 aromatic carbocycles. The third-order valence-corrected chi connectivity index (χ3v) is 3.69. The summed E-state index contributed by atoms with van der Waals surface area (Å²) in [4.78, 5) is 25.5. The zero-order valence-corrected chi connectivity index (χ0v) is 10.5. The summed E-state index contributed by atoms with van der Waals surface area (Å²) in [6.45, 7) is 1.73. The van der Waals surface area contributed by atoms with E-state index in [9.17, 15) is 9.59 Å². The Kier molecular flexibility index (Phi) is 2.71. The van der Waals surface area contributed by atoms with E-state index in [4.69, 9.17) is 11.6 Å². The van der Waals surface area contributed by atoms with Crippen molar-refractivity contribution in [2.24, 2.45) is 0 Å². The van der Waals surface area contributed by atoms with Gasteiger partial charge in [-0.1, -0.05) is 23.7 Å². The van der Waals surface area contributed by atoms with Crippen LogP contribution in [0.4, 0.5) is 5.69 Å². The number of rotatable bonds is 2. The molecule has 0 saturated carbocycles. The van der Waals surface area contributed by atoms with Crippen LogP contribution in [0.3, 0.4) is 0 Å². The molecule has 0 radical (unpaired) electrons. The number of halogens is 1. The molecule has 0 atom stereocenters. The summed E-state index contributed by atoms with van der Waals surface area (Å²) in [5, 5.41) is 0.625. The topological polar surface area (TPSA) is 37.4 Å². The van der Waals surface area contributed by atoms with Gasteiger partial charge < -0.3 is 4.90 Å². The Morgan fingerprint density at radius 2 is 1.56 bits per heavy atom. The second-order valence-corrected chi connectivity index (χ2v) is 5.02. The van der Waals surface area contributed by atoms with E-state index in [2.05, 4.69) is 0 Å². The van der Waals surface area contributed by atoms with Crippen LogP contribution in [0.2, 0.25) is 5.02 Å². The van der Waals surface area contributed by atoms with E-state index in [-0.39, 0.29) is 10.9 Å². The molecule has 3 nitrogen and oxygen atoms in total. The van der Waals surface area contributed by atoms with Crippen molar-refractivity contribution in [3.8, 4) is 11.1 Å². The third-order valence-electron chi connectivity index (χ3n) is 3.44. The molecule has 0 N–H and O–H groups in total. The van der Waals surface area contributed by atoms with Gasteiger partial charge in [0.25, 0.3) is 0 Å². The molecule has 0 amide bonds. The summed E-state index contributed by atoms with van der Waals surface area (Å²) >= 11 is 5.83. The predicted molar refractivity (Wildman–Crippen MR) is 73.2 cm³/mol. The first-order valence-electron chi connectivity index (χ1n) is 6.02. The second-order valence-electron chi connectivity index (χ2n) is 4.58. The molecule has 0 bridgehead atoms. The molecule has 0 aromatic heterocycles. The van der Waals surface area contributed by atoms with Crippen LogP contribution in [0.5, 0.6) is 0 Å². The van der Waals surface area contributed by atoms with Gasteiger partial charge in [-0.2, -0.15) is 0 Å². The number of hydrogen-bond acceptors (Lipinski definition) is 3. The van der Waals surface area contributed by atoms with Gasteiger partial charge >= 0.3 is 0 Å². The van der Waals surface area contributed by atoms with Crippen LogP contribution in [-0.4, -0.2) is 13.1 Å². The zero-order valence-electron chi connectivity index (χ0n) is 9.78. The van der Waals surface area contributed by atoms with Gasteiger partial charge in [-0.15, -0.1) is 0 Å². The number of hydrogen-bond donors (Lipinski definition) is 0. The average molecular weight is 262 g/mol. The van der Waals surface area contributed by atoms with E-state index < -0.39 is 0 Å². The van der Waals surface area contributed by atoms with Gasteiger partial charge in [-0.05, 0) is 30.5 Å².